The maximum atomic E-state index is 12.6. The first-order valence-electron chi connectivity index (χ1n) is 7.11. The predicted octanol–water partition coefficient (Wildman–Crippen LogP) is 1.38. The number of carbonyl (C=O) groups is 2. The van der Waals surface area contributed by atoms with Crippen LogP contribution in [0.5, 0.6) is 0 Å². The molecule has 3 rings (SSSR count). The van der Waals surface area contributed by atoms with Crippen molar-refractivity contribution < 1.29 is 9.59 Å². The van der Waals surface area contributed by atoms with Crippen LogP contribution in [-0.4, -0.2) is 29.3 Å². The number of amides is 2. The van der Waals surface area contributed by atoms with Crippen LogP contribution in [0.1, 0.15) is 46.4 Å². The van der Waals surface area contributed by atoms with Crippen LogP contribution in [-0.2, 0) is 0 Å². The molecule has 1 fully saturated rings. The van der Waals surface area contributed by atoms with Gasteiger partial charge in [-0.05, 0) is 37.4 Å². The molecule has 0 bridgehead atoms. The third-order valence-electron chi connectivity index (χ3n) is 4.48. The number of carbonyl (C=O) groups excluding carboxylic acids is 2. The molecule has 106 valence electrons. The van der Waals surface area contributed by atoms with Gasteiger partial charge in [0.25, 0.3) is 11.8 Å². The average molecular weight is 273 g/mol. The van der Waals surface area contributed by atoms with Crippen molar-refractivity contribution in [3.63, 3.8) is 0 Å². The van der Waals surface area contributed by atoms with E-state index in [9.17, 15) is 9.59 Å². The van der Waals surface area contributed by atoms with Gasteiger partial charge in [0.05, 0.1) is 11.1 Å². The highest BCUT2D eigenvalue weighted by molar-refractivity contribution is 6.23. The molecule has 2 aliphatic rings. The van der Waals surface area contributed by atoms with Gasteiger partial charge in [-0.15, -0.1) is 0 Å². The second-order valence-corrected chi connectivity index (χ2v) is 5.60. The summed E-state index contributed by atoms with van der Waals surface area (Å²) in [5.74, 6) is -0.275. The van der Waals surface area contributed by atoms with E-state index in [-0.39, 0.29) is 23.8 Å². The van der Waals surface area contributed by atoms with Crippen molar-refractivity contribution in [2.75, 3.05) is 12.3 Å². The molecule has 0 spiro atoms. The van der Waals surface area contributed by atoms with Crippen molar-refractivity contribution in [3.8, 4) is 0 Å². The van der Waals surface area contributed by atoms with E-state index in [2.05, 4.69) is 0 Å². The highest BCUT2D eigenvalue weighted by Gasteiger charge is 2.43. The molecule has 1 heterocycles. The number of nitrogen functional groups attached to an aromatic ring is 1. The molecule has 20 heavy (non-hydrogen) atoms. The zero-order valence-corrected chi connectivity index (χ0v) is 11.3. The summed E-state index contributed by atoms with van der Waals surface area (Å²) in [6, 6.07) is 4.96. The van der Waals surface area contributed by atoms with Gasteiger partial charge < -0.3 is 11.5 Å². The molecule has 5 heteroatoms. The van der Waals surface area contributed by atoms with Crippen molar-refractivity contribution in [2.45, 2.75) is 31.7 Å². The second kappa shape index (κ2) is 4.90. The molecule has 1 aromatic rings. The average Bonchev–Trinajstić information content (AvgIpc) is 2.72. The molecule has 1 aliphatic carbocycles. The molecular formula is C15H19N3O2. The summed E-state index contributed by atoms with van der Waals surface area (Å²) >= 11 is 0. The Morgan fingerprint density at radius 1 is 1.15 bits per heavy atom. The highest BCUT2D eigenvalue weighted by Crippen LogP contribution is 2.35. The summed E-state index contributed by atoms with van der Waals surface area (Å²) in [5, 5.41) is 0. The van der Waals surface area contributed by atoms with E-state index in [4.69, 9.17) is 11.5 Å². The monoisotopic (exact) mass is 273 g/mol. The van der Waals surface area contributed by atoms with Crippen LogP contribution in [0.4, 0.5) is 5.69 Å². The van der Waals surface area contributed by atoms with Gasteiger partial charge in [0.1, 0.15) is 0 Å². The normalized spacial score (nSPS) is 25.9. The topological polar surface area (TPSA) is 89.4 Å². The number of imide groups is 1. The van der Waals surface area contributed by atoms with Crippen molar-refractivity contribution in [1.29, 1.82) is 0 Å². The first-order chi connectivity index (χ1) is 9.65. The summed E-state index contributed by atoms with van der Waals surface area (Å²) in [6.07, 6.45) is 3.96. The van der Waals surface area contributed by atoms with Gasteiger partial charge in [-0.2, -0.15) is 0 Å². The molecule has 4 N–H and O–H groups in total. The Balaban J connectivity index is 1.99. The fourth-order valence-corrected chi connectivity index (χ4v) is 3.43. The fraction of sp³-hybridized carbons (Fsp3) is 0.467. The number of hydrogen-bond acceptors (Lipinski definition) is 4. The number of hydrogen-bond donors (Lipinski definition) is 2. The van der Waals surface area contributed by atoms with Gasteiger partial charge >= 0.3 is 0 Å². The van der Waals surface area contributed by atoms with Crippen molar-refractivity contribution in [3.05, 3.63) is 29.3 Å². The van der Waals surface area contributed by atoms with Crippen LogP contribution < -0.4 is 11.5 Å². The minimum absolute atomic E-state index is 0.0828. The molecular weight excluding hydrogens is 254 g/mol. The molecule has 1 aliphatic heterocycles. The number of nitrogens with zero attached hydrogens (tertiary/aromatic N) is 1. The lowest BCUT2D eigenvalue weighted by atomic mass is 9.83. The van der Waals surface area contributed by atoms with Gasteiger partial charge in [0, 0.05) is 11.7 Å². The molecule has 1 saturated carbocycles. The lowest BCUT2D eigenvalue weighted by molar-refractivity contribution is 0.0479. The second-order valence-electron chi connectivity index (χ2n) is 5.60. The number of nitrogens with two attached hydrogens (primary N) is 2. The van der Waals surface area contributed by atoms with Gasteiger partial charge in [0.15, 0.2) is 0 Å². The number of fused-ring (bicyclic) bond motifs is 1. The van der Waals surface area contributed by atoms with Gasteiger partial charge in [-0.3, -0.25) is 14.5 Å². The maximum absolute atomic E-state index is 12.6. The minimum Gasteiger partial charge on any atom is -0.398 e. The molecule has 2 unspecified atom stereocenters. The Labute approximate surface area is 117 Å². The minimum atomic E-state index is -0.256. The SMILES string of the molecule is NCC1CCCCC1N1C(=O)c2cccc(N)c2C1=O. The Morgan fingerprint density at radius 3 is 2.60 bits per heavy atom. The Hall–Kier alpha value is -1.88. The van der Waals surface area contributed by atoms with Gasteiger partial charge in [-0.25, -0.2) is 0 Å². The van der Waals surface area contributed by atoms with E-state index in [1.165, 1.54) is 4.90 Å². The number of rotatable bonds is 2. The predicted molar refractivity (Wildman–Crippen MR) is 76.2 cm³/mol. The quantitative estimate of drug-likeness (QED) is 0.629. The summed E-state index contributed by atoms with van der Waals surface area (Å²) < 4.78 is 0. The lowest BCUT2D eigenvalue weighted by Crippen LogP contribution is -2.47. The molecule has 5 nitrogen and oxygen atoms in total. The molecule has 0 radical (unpaired) electrons. The van der Waals surface area contributed by atoms with E-state index in [1.54, 1.807) is 18.2 Å². The van der Waals surface area contributed by atoms with Crippen LogP contribution in [0.2, 0.25) is 0 Å². The van der Waals surface area contributed by atoms with Gasteiger partial charge in [0.2, 0.25) is 0 Å². The molecule has 2 atom stereocenters. The van der Waals surface area contributed by atoms with Crippen LogP contribution in [0.3, 0.4) is 0 Å². The third-order valence-corrected chi connectivity index (χ3v) is 4.48. The van der Waals surface area contributed by atoms with Gasteiger partial charge in [-0.1, -0.05) is 18.9 Å². The van der Waals surface area contributed by atoms with E-state index in [0.29, 0.717) is 23.4 Å². The van der Waals surface area contributed by atoms with Crippen molar-refractivity contribution >= 4 is 17.5 Å². The van der Waals surface area contributed by atoms with Crippen LogP contribution >= 0.6 is 0 Å². The first kappa shape index (κ1) is 13.1. The highest BCUT2D eigenvalue weighted by atomic mass is 16.2. The summed E-state index contributed by atoms with van der Waals surface area (Å²) in [4.78, 5) is 26.5. The standard InChI is InChI=1S/C15H19N3O2/c16-8-9-4-1-2-7-12(9)18-14(19)10-5-3-6-11(17)13(10)15(18)20/h3,5-6,9,12H,1-2,4,7-8,16-17H2. The Bertz CT molecular complexity index is 570. The molecule has 0 saturated heterocycles. The lowest BCUT2D eigenvalue weighted by Gasteiger charge is -2.36. The molecule has 1 aromatic carbocycles. The van der Waals surface area contributed by atoms with E-state index in [1.807, 2.05) is 0 Å². The molecule has 0 aromatic heterocycles. The number of benzene rings is 1. The van der Waals surface area contributed by atoms with E-state index in [0.717, 1.165) is 25.7 Å². The van der Waals surface area contributed by atoms with Crippen LogP contribution in [0, 0.1) is 5.92 Å². The maximum Gasteiger partial charge on any atom is 0.263 e. The van der Waals surface area contributed by atoms with E-state index < -0.39 is 0 Å². The zero-order valence-electron chi connectivity index (χ0n) is 11.3. The largest absolute Gasteiger partial charge is 0.398 e. The smallest absolute Gasteiger partial charge is 0.263 e. The Kier molecular flexibility index (Phi) is 3.22. The Morgan fingerprint density at radius 2 is 1.90 bits per heavy atom. The fourth-order valence-electron chi connectivity index (χ4n) is 3.43. The molecule has 2 amide bonds. The zero-order chi connectivity index (χ0) is 14.3. The summed E-state index contributed by atoms with van der Waals surface area (Å²) in [5.41, 5.74) is 12.8. The van der Waals surface area contributed by atoms with Crippen molar-refractivity contribution in [1.82, 2.24) is 4.90 Å². The summed E-state index contributed by atoms with van der Waals surface area (Å²) in [7, 11) is 0. The van der Waals surface area contributed by atoms with Crippen molar-refractivity contribution in [2.24, 2.45) is 11.7 Å². The van der Waals surface area contributed by atoms with E-state index >= 15 is 0 Å². The first-order valence-corrected chi connectivity index (χ1v) is 7.11. The third kappa shape index (κ3) is 1.81. The summed E-state index contributed by atoms with van der Waals surface area (Å²) in [6.45, 7) is 0.507. The van der Waals surface area contributed by atoms with Crippen LogP contribution in [0.25, 0.3) is 0 Å². The van der Waals surface area contributed by atoms with Crippen LogP contribution in [0.15, 0.2) is 18.2 Å². The number of anilines is 1.